The Hall–Kier alpha value is -4.16. The highest BCUT2D eigenvalue weighted by molar-refractivity contribution is 5.99. The minimum absolute atomic E-state index is 0.0282. The molecule has 2 atom stereocenters. The quantitative estimate of drug-likeness (QED) is 0.370. The average molecular weight is 637 g/mol. The van der Waals surface area contributed by atoms with E-state index in [9.17, 15) is 19.2 Å². The lowest BCUT2D eigenvalue weighted by Gasteiger charge is -2.46. The summed E-state index contributed by atoms with van der Waals surface area (Å²) in [5.41, 5.74) is 0.978. The van der Waals surface area contributed by atoms with E-state index >= 15 is 0 Å². The molecule has 250 valence electrons. The predicted molar refractivity (Wildman–Crippen MR) is 176 cm³/mol. The Morgan fingerprint density at radius 3 is 1.24 bits per heavy atom. The fourth-order valence-corrected chi connectivity index (χ4v) is 5.68. The molecule has 2 heterocycles. The van der Waals surface area contributed by atoms with Gasteiger partial charge in [0.15, 0.2) is 0 Å². The van der Waals surface area contributed by atoms with Crippen LogP contribution in [-0.4, -0.2) is 108 Å². The Bertz CT molecular complexity index is 1180. The minimum Gasteiger partial charge on any atom is -0.378 e. The van der Waals surface area contributed by atoms with Crippen molar-refractivity contribution >= 4 is 35.3 Å². The molecule has 0 spiro atoms. The standard InChI is InChI=1S/C34H48N6O6/c1-25(2)23-29(31(41)37-15-19-45-20-16-37)39(33(43)35-27-11-7-5-8-12-27)40(34(44)36-28-13-9-6-10-14-28)30(24-26(3)4)32(42)38-17-21-46-22-18-38/h5-14,25-26,29-30H,15-24H2,1-4H3,(H,35,43)(H,36,44)/t29-,30-/m0/s1. The van der Waals surface area contributed by atoms with E-state index in [0.717, 1.165) is 0 Å². The third-order valence-corrected chi connectivity index (χ3v) is 7.89. The molecule has 0 aliphatic carbocycles. The molecular weight excluding hydrogens is 588 g/mol. The van der Waals surface area contributed by atoms with Crippen LogP contribution in [0.15, 0.2) is 60.7 Å². The highest BCUT2D eigenvalue weighted by atomic mass is 16.5. The highest BCUT2D eigenvalue weighted by Crippen LogP contribution is 2.26. The lowest BCUT2D eigenvalue weighted by atomic mass is 9.99. The second-order valence-corrected chi connectivity index (χ2v) is 12.4. The average Bonchev–Trinajstić information content (AvgIpc) is 3.06. The number of hydrogen-bond donors (Lipinski definition) is 2. The van der Waals surface area contributed by atoms with Crippen LogP contribution < -0.4 is 10.6 Å². The Labute approximate surface area is 271 Å². The molecule has 2 aliphatic heterocycles. The fraction of sp³-hybridized carbons (Fsp3) is 0.529. The van der Waals surface area contributed by atoms with Gasteiger partial charge in [-0.3, -0.25) is 9.59 Å². The monoisotopic (exact) mass is 636 g/mol. The first-order chi connectivity index (χ1) is 22.2. The Morgan fingerprint density at radius 1 is 0.609 bits per heavy atom. The van der Waals surface area contributed by atoms with E-state index in [-0.39, 0.29) is 36.5 Å². The van der Waals surface area contributed by atoms with Crippen molar-refractivity contribution in [2.45, 2.75) is 52.6 Å². The largest absolute Gasteiger partial charge is 0.378 e. The minimum atomic E-state index is -1.09. The highest BCUT2D eigenvalue weighted by Gasteiger charge is 2.45. The molecule has 0 radical (unpaired) electrons. The summed E-state index contributed by atoms with van der Waals surface area (Å²) < 4.78 is 11.0. The second kappa shape index (κ2) is 17.0. The molecule has 2 saturated heterocycles. The number of hydrazine groups is 1. The first kappa shape index (κ1) is 34.7. The smallest absolute Gasteiger partial charge is 0.341 e. The number of para-hydroxylation sites is 2. The number of urea groups is 2. The molecular formula is C34H48N6O6. The fourth-order valence-electron chi connectivity index (χ4n) is 5.68. The van der Waals surface area contributed by atoms with Crippen LogP contribution in [-0.2, 0) is 19.1 Å². The van der Waals surface area contributed by atoms with Crippen LogP contribution in [0.2, 0.25) is 0 Å². The van der Waals surface area contributed by atoms with Crippen molar-refractivity contribution in [3.8, 4) is 0 Å². The molecule has 0 saturated carbocycles. The molecule has 0 aromatic heterocycles. The molecule has 4 rings (SSSR count). The number of carbonyl (C=O) groups excluding carboxylic acids is 4. The van der Waals surface area contributed by atoms with Gasteiger partial charge >= 0.3 is 12.1 Å². The van der Waals surface area contributed by atoms with Gasteiger partial charge in [0, 0.05) is 37.6 Å². The van der Waals surface area contributed by atoms with Gasteiger partial charge in [-0.05, 0) is 48.9 Å². The number of carbonyl (C=O) groups is 4. The van der Waals surface area contributed by atoms with Crippen LogP contribution >= 0.6 is 0 Å². The number of nitrogens with one attached hydrogen (secondary N) is 2. The first-order valence-corrected chi connectivity index (χ1v) is 16.2. The summed E-state index contributed by atoms with van der Waals surface area (Å²) in [6.45, 7) is 10.8. The van der Waals surface area contributed by atoms with Gasteiger partial charge in [0.2, 0.25) is 11.8 Å². The lowest BCUT2D eigenvalue weighted by Crippen LogP contribution is -2.67. The normalized spacial score (nSPS) is 16.5. The number of benzene rings is 2. The van der Waals surface area contributed by atoms with E-state index in [1.807, 2.05) is 39.8 Å². The van der Waals surface area contributed by atoms with Crippen LogP contribution in [0.4, 0.5) is 21.0 Å². The first-order valence-electron chi connectivity index (χ1n) is 16.2. The van der Waals surface area contributed by atoms with Gasteiger partial charge in [-0.2, -0.15) is 0 Å². The topological polar surface area (TPSA) is 124 Å². The summed E-state index contributed by atoms with van der Waals surface area (Å²) in [7, 11) is 0. The third-order valence-electron chi connectivity index (χ3n) is 7.89. The second-order valence-electron chi connectivity index (χ2n) is 12.4. The van der Waals surface area contributed by atoms with Crippen molar-refractivity contribution in [2.24, 2.45) is 11.8 Å². The molecule has 12 nitrogen and oxygen atoms in total. The molecule has 0 unspecified atom stereocenters. The van der Waals surface area contributed by atoms with Crippen LogP contribution in [0.25, 0.3) is 0 Å². The number of ether oxygens (including phenoxy) is 2. The molecule has 2 aromatic carbocycles. The van der Waals surface area contributed by atoms with Crippen molar-refractivity contribution in [3.63, 3.8) is 0 Å². The molecule has 2 fully saturated rings. The number of amides is 6. The van der Waals surface area contributed by atoms with Crippen molar-refractivity contribution in [2.75, 3.05) is 63.2 Å². The summed E-state index contributed by atoms with van der Waals surface area (Å²) in [5.74, 6) is -0.668. The Morgan fingerprint density at radius 2 is 0.935 bits per heavy atom. The zero-order valence-corrected chi connectivity index (χ0v) is 27.4. The zero-order chi connectivity index (χ0) is 33.1. The van der Waals surface area contributed by atoms with E-state index in [1.165, 1.54) is 10.0 Å². The van der Waals surface area contributed by atoms with E-state index < -0.39 is 24.1 Å². The van der Waals surface area contributed by atoms with Gasteiger partial charge in [0.1, 0.15) is 12.1 Å². The maximum absolute atomic E-state index is 14.6. The van der Waals surface area contributed by atoms with Crippen molar-refractivity contribution in [1.82, 2.24) is 19.8 Å². The molecule has 2 aromatic rings. The van der Waals surface area contributed by atoms with Crippen LogP contribution in [0.1, 0.15) is 40.5 Å². The molecule has 46 heavy (non-hydrogen) atoms. The Kier molecular flexibility index (Phi) is 12.8. The van der Waals surface area contributed by atoms with Crippen molar-refractivity contribution < 1.29 is 28.7 Å². The summed E-state index contributed by atoms with van der Waals surface area (Å²) in [6.07, 6.45) is 0.515. The summed E-state index contributed by atoms with van der Waals surface area (Å²) in [6, 6.07) is 14.2. The summed E-state index contributed by atoms with van der Waals surface area (Å²) in [5, 5.41) is 8.21. The van der Waals surface area contributed by atoms with Crippen LogP contribution in [0.3, 0.4) is 0 Å². The van der Waals surface area contributed by atoms with Crippen LogP contribution in [0, 0.1) is 11.8 Å². The van der Waals surface area contributed by atoms with Gasteiger partial charge in [0.05, 0.1) is 26.4 Å². The maximum Gasteiger partial charge on any atom is 0.341 e. The van der Waals surface area contributed by atoms with Crippen molar-refractivity contribution in [3.05, 3.63) is 60.7 Å². The van der Waals surface area contributed by atoms with Gasteiger partial charge in [-0.1, -0.05) is 64.1 Å². The molecule has 0 bridgehead atoms. The number of nitrogens with zero attached hydrogens (tertiary/aromatic N) is 4. The predicted octanol–water partition coefficient (Wildman–Crippen LogP) is 4.52. The zero-order valence-electron chi connectivity index (χ0n) is 27.4. The lowest BCUT2D eigenvalue weighted by molar-refractivity contribution is -0.154. The number of hydrogen-bond acceptors (Lipinski definition) is 6. The van der Waals surface area contributed by atoms with E-state index in [4.69, 9.17) is 9.47 Å². The summed E-state index contributed by atoms with van der Waals surface area (Å²) in [4.78, 5) is 61.3. The van der Waals surface area contributed by atoms with Gasteiger partial charge in [-0.15, -0.1) is 0 Å². The van der Waals surface area contributed by atoms with Gasteiger partial charge < -0.3 is 29.9 Å². The number of morpholine rings is 2. The maximum atomic E-state index is 14.6. The van der Waals surface area contributed by atoms with Crippen LogP contribution in [0.5, 0.6) is 0 Å². The third kappa shape index (κ3) is 9.43. The van der Waals surface area contributed by atoms with E-state index in [1.54, 1.807) is 58.3 Å². The molecule has 6 amide bonds. The Balaban J connectivity index is 1.87. The summed E-state index contributed by atoms with van der Waals surface area (Å²) >= 11 is 0. The molecule has 2 N–H and O–H groups in total. The van der Waals surface area contributed by atoms with Gasteiger partial charge in [-0.25, -0.2) is 19.6 Å². The van der Waals surface area contributed by atoms with Crippen molar-refractivity contribution in [1.29, 1.82) is 0 Å². The van der Waals surface area contributed by atoms with E-state index in [0.29, 0.717) is 64.0 Å². The number of rotatable bonds is 10. The molecule has 12 heteroatoms. The molecule has 2 aliphatic rings. The van der Waals surface area contributed by atoms with Gasteiger partial charge in [0.25, 0.3) is 0 Å². The number of anilines is 2. The SMILES string of the molecule is CC(C)C[C@@H](C(=O)N1CCOCC1)N(C(=O)Nc1ccccc1)N(C(=O)Nc1ccccc1)[C@@H](CC(C)C)C(=O)N1CCOCC1. The van der Waals surface area contributed by atoms with E-state index in [2.05, 4.69) is 10.6 Å².